The summed E-state index contributed by atoms with van der Waals surface area (Å²) >= 11 is 5.79. The van der Waals surface area contributed by atoms with Gasteiger partial charge in [0, 0.05) is 11.4 Å². The SMILES string of the molecule is Cc1cccc(OCCCC(=O)NNC(=O)Cc2ccc(Cl)cc2)c1. The van der Waals surface area contributed by atoms with Gasteiger partial charge >= 0.3 is 0 Å². The molecule has 0 unspecified atom stereocenters. The summed E-state index contributed by atoms with van der Waals surface area (Å²) in [5.41, 5.74) is 6.75. The van der Waals surface area contributed by atoms with Crippen LogP contribution in [0.25, 0.3) is 0 Å². The normalized spacial score (nSPS) is 10.2. The molecular formula is C19H21ClN2O3. The molecule has 6 heteroatoms. The summed E-state index contributed by atoms with van der Waals surface area (Å²) < 4.78 is 5.57. The molecule has 0 saturated carbocycles. The van der Waals surface area contributed by atoms with Gasteiger partial charge < -0.3 is 4.74 Å². The molecule has 0 fully saturated rings. The summed E-state index contributed by atoms with van der Waals surface area (Å²) in [4.78, 5) is 23.5. The summed E-state index contributed by atoms with van der Waals surface area (Å²) in [6.07, 6.45) is 1.01. The van der Waals surface area contributed by atoms with E-state index in [0.717, 1.165) is 16.9 Å². The van der Waals surface area contributed by atoms with E-state index in [0.29, 0.717) is 18.1 Å². The predicted octanol–water partition coefficient (Wildman–Crippen LogP) is 3.20. The predicted molar refractivity (Wildman–Crippen MR) is 97.3 cm³/mol. The number of aryl methyl sites for hydroxylation is 1. The molecule has 2 N–H and O–H groups in total. The summed E-state index contributed by atoms with van der Waals surface area (Å²) in [6, 6.07) is 14.7. The molecule has 25 heavy (non-hydrogen) atoms. The van der Waals surface area contributed by atoms with Crippen molar-refractivity contribution in [1.82, 2.24) is 10.9 Å². The van der Waals surface area contributed by atoms with Crippen molar-refractivity contribution in [2.24, 2.45) is 0 Å². The highest BCUT2D eigenvalue weighted by Crippen LogP contribution is 2.12. The van der Waals surface area contributed by atoms with Gasteiger partial charge in [-0.05, 0) is 48.7 Å². The molecule has 0 aliphatic heterocycles. The maximum Gasteiger partial charge on any atom is 0.242 e. The van der Waals surface area contributed by atoms with Crippen molar-refractivity contribution >= 4 is 23.4 Å². The van der Waals surface area contributed by atoms with Gasteiger partial charge in [-0.2, -0.15) is 0 Å². The molecular weight excluding hydrogens is 340 g/mol. The third-order valence-corrected chi connectivity index (χ3v) is 3.68. The van der Waals surface area contributed by atoms with E-state index in [4.69, 9.17) is 16.3 Å². The highest BCUT2D eigenvalue weighted by molar-refractivity contribution is 6.30. The number of halogens is 1. The fourth-order valence-electron chi connectivity index (χ4n) is 2.16. The van der Waals surface area contributed by atoms with Gasteiger partial charge in [-0.3, -0.25) is 20.4 Å². The van der Waals surface area contributed by atoms with Crippen molar-refractivity contribution in [1.29, 1.82) is 0 Å². The summed E-state index contributed by atoms with van der Waals surface area (Å²) in [5.74, 6) is 0.251. The fourth-order valence-corrected chi connectivity index (χ4v) is 2.29. The molecule has 0 bridgehead atoms. The minimum absolute atomic E-state index is 0.175. The molecule has 0 aliphatic rings. The second-order valence-electron chi connectivity index (χ2n) is 5.67. The monoisotopic (exact) mass is 360 g/mol. The number of carbonyl (C=O) groups excluding carboxylic acids is 2. The summed E-state index contributed by atoms with van der Waals surface area (Å²) in [7, 11) is 0. The lowest BCUT2D eigenvalue weighted by molar-refractivity contribution is -0.128. The van der Waals surface area contributed by atoms with Crippen LogP contribution in [0.4, 0.5) is 0 Å². The first-order valence-corrected chi connectivity index (χ1v) is 8.42. The second kappa shape index (κ2) is 9.69. The Hall–Kier alpha value is -2.53. The molecule has 2 amide bonds. The standard InChI is InChI=1S/C19H21ClN2O3/c1-14-4-2-5-17(12-14)25-11-3-6-18(23)21-22-19(24)13-15-7-9-16(20)10-8-15/h2,4-5,7-10,12H,3,6,11,13H2,1H3,(H,21,23)(H,22,24). The third kappa shape index (κ3) is 7.27. The molecule has 132 valence electrons. The highest BCUT2D eigenvalue weighted by Gasteiger charge is 2.06. The van der Waals surface area contributed by atoms with Crippen molar-refractivity contribution < 1.29 is 14.3 Å². The minimum atomic E-state index is -0.285. The van der Waals surface area contributed by atoms with E-state index in [2.05, 4.69) is 10.9 Å². The number of ether oxygens (including phenoxy) is 1. The largest absolute Gasteiger partial charge is 0.494 e. The van der Waals surface area contributed by atoms with Gasteiger partial charge in [0.25, 0.3) is 0 Å². The Kier molecular flexibility index (Phi) is 7.29. The topological polar surface area (TPSA) is 67.4 Å². The Labute approximate surface area is 152 Å². The molecule has 0 aliphatic carbocycles. The number of rotatable bonds is 7. The Morgan fingerprint density at radius 3 is 2.48 bits per heavy atom. The lowest BCUT2D eigenvalue weighted by Gasteiger charge is -2.09. The van der Waals surface area contributed by atoms with E-state index in [9.17, 15) is 9.59 Å². The first kappa shape index (κ1) is 18.8. The van der Waals surface area contributed by atoms with Crippen LogP contribution in [0.1, 0.15) is 24.0 Å². The first-order valence-electron chi connectivity index (χ1n) is 8.04. The third-order valence-electron chi connectivity index (χ3n) is 3.43. The number of nitrogens with one attached hydrogen (secondary N) is 2. The number of benzene rings is 2. The lowest BCUT2D eigenvalue weighted by atomic mass is 10.1. The molecule has 2 aromatic carbocycles. The maximum absolute atomic E-state index is 11.8. The van der Waals surface area contributed by atoms with E-state index in [1.165, 1.54) is 0 Å². The molecule has 5 nitrogen and oxygen atoms in total. The summed E-state index contributed by atoms with van der Waals surface area (Å²) in [6.45, 7) is 2.43. The van der Waals surface area contributed by atoms with Crippen molar-refractivity contribution in [3.8, 4) is 5.75 Å². The van der Waals surface area contributed by atoms with Gasteiger partial charge in [0.15, 0.2) is 0 Å². The van der Waals surface area contributed by atoms with Gasteiger partial charge in [-0.15, -0.1) is 0 Å². The van der Waals surface area contributed by atoms with Crippen molar-refractivity contribution in [2.75, 3.05) is 6.61 Å². The van der Waals surface area contributed by atoms with E-state index >= 15 is 0 Å². The number of amides is 2. The fraction of sp³-hybridized carbons (Fsp3) is 0.263. The van der Waals surface area contributed by atoms with E-state index < -0.39 is 0 Å². The Balaban J connectivity index is 1.60. The van der Waals surface area contributed by atoms with Crippen LogP contribution in [0, 0.1) is 6.92 Å². The van der Waals surface area contributed by atoms with Crippen molar-refractivity contribution in [3.63, 3.8) is 0 Å². The smallest absolute Gasteiger partial charge is 0.242 e. The average Bonchev–Trinajstić information content (AvgIpc) is 2.59. The molecule has 2 aromatic rings. The van der Waals surface area contributed by atoms with Gasteiger partial charge in [-0.25, -0.2) is 0 Å². The number of hydrazine groups is 1. The Morgan fingerprint density at radius 2 is 1.76 bits per heavy atom. The highest BCUT2D eigenvalue weighted by atomic mass is 35.5. The number of hydrogen-bond donors (Lipinski definition) is 2. The van der Waals surface area contributed by atoms with Crippen LogP contribution in [-0.4, -0.2) is 18.4 Å². The van der Waals surface area contributed by atoms with Crippen LogP contribution in [0.3, 0.4) is 0 Å². The Bertz CT molecular complexity index is 717. The number of hydrogen-bond acceptors (Lipinski definition) is 3. The second-order valence-corrected chi connectivity index (χ2v) is 6.10. The quantitative estimate of drug-likeness (QED) is 0.588. The number of carbonyl (C=O) groups is 2. The first-order chi connectivity index (χ1) is 12.0. The van der Waals surface area contributed by atoms with Crippen LogP contribution in [0.5, 0.6) is 5.75 Å². The molecule has 0 atom stereocenters. The molecule has 0 radical (unpaired) electrons. The zero-order valence-electron chi connectivity index (χ0n) is 14.0. The lowest BCUT2D eigenvalue weighted by Crippen LogP contribution is -2.42. The van der Waals surface area contributed by atoms with Crippen LogP contribution in [0.2, 0.25) is 5.02 Å². The van der Waals surface area contributed by atoms with Crippen molar-refractivity contribution in [2.45, 2.75) is 26.2 Å². The van der Waals surface area contributed by atoms with Gasteiger partial charge in [-0.1, -0.05) is 35.9 Å². The summed E-state index contributed by atoms with van der Waals surface area (Å²) in [5, 5.41) is 0.616. The van der Waals surface area contributed by atoms with Crippen LogP contribution >= 0.6 is 11.6 Å². The molecule has 0 aromatic heterocycles. The van der Waals surface area contributed by atoms with Gasteiger partial charge in [0.2, 0.25) is 11.8 Å². The molecule has 0 heterocycles. The van der Waals surface area contributed by atoms with E-state index in [1.807, 2.05) is 31.2 Å². The van der Waals surface area contributed by atoms with E-state index in [1.54, 1.807) is 24.3 Å². The molecule has 2 rings (SSSR count). The zero-order chi connectivity index (χ0) is 18.1. The van der Waals surface area contributed by atoms with Crippen LogP contribution in [-0.2, 0) is 16.0 Å². The molecule has 0 spiro atoms. The maximum atomic E-state index is 11.8. The minimum Gasteiger partial charge on any atom is -0.494 e. The zero-order valence-corrected chi connectivity index (χ0v) is 14.8. The van der Waals surface area contributed by atoms with Crippen LogP contribution in [0.15, 0.2) is 48.5 Å². The van der Waals surface area contributed by atoms with Gasteiger partial charge in [0.1, 0.15) is 5.75 Å². The van der Waals surface area contributed by atoms with Gasteiger partial charge in [0.05, 0.1) is 13.0 Å². The van der Waals surface area contributed by atoms with Crippen LogP contribution < -0.4 is 15.6 Å². The van der Waals surface area contributed by atoms with E-state index in [-0.39, 0.29) is 24.7 Å². The Morgan fingerprint density at radius 1 is 1.04 bits per heavy atom. The van der Waals surface area contributed by atoms with Crippen molar-refractivity contribution in [3.05, 3.63) is 64.7 Å². The molecule has 0 saturated heterocycles. The average molecular weight is 361 g/mol.